The molecular formula is C10H14O10. The Morgan fingerprint density at radius 3 is 1.10 bits per heavy atom. The summed E-state index contributed by atoms with van der Waals surface area (Å²) in [6.45, 7) is 0. The first-order valence-corrected chi connectivity index (χ1v) is 5.06. The van der Waals surface area contributed by atoms with Crippen LogP contribution in [0.1, 0.15) is 0 Å². The highest BCUT2D eigenvalue weighted by atomic mass is 16.8. The van der Waals surface area contributed by atoms with Gasteiger partial charge in [-0.15, -0.1) is 0 Å². The van der Waals surface area contributed by atoms with E-state index in [1.807, 2.05) is 0 Å². The molecule has 0 saturated heterocycles. The number of carbonyl (C=O) groups is 4. The maximum Gasteiger partial charge on any atom is 0.509 e. The normalized spacial score (nSPS) is 12.4. The van der Waals surface area contributed by atoms with Crippen LogP contribution < -0.4 is 0 Å². The van der Waals surface area contributed by atoms with Gasteiger partial charge < -0.3 is 28.4 Å². The molecule has 20 heavy (non-hydrogen) atoms. The smallest absolute Gasteiger partial charge is 0.466 e. The summed E-state index contributed by atoms with van der Waals surface area (Å²) in [5.41, 5.74) is 0. The summed E-state index contributed by atoms with van der Waals surface area (Å²) in [7, 11) is 3.90. The van der Waals surface area contributed by atoms with E-state index in [4.69, 9.17) is 0 Å². The van der Waals surface area contributed by atoms with Crippen LogP contribution in [-0.4, -0.2) is 64.9 Å². The third-order valence-electron chi connectivity index (χ3n) is 1.92. The van der Waals surface area contributed by atoms with Gasteiger partial charge in [-0.25, -0.2) is 19.2 Å². The number of hydrogen-bond donors (Lipinski definition) is 0. The van der Waals surface area contributed by atoms with E-state index in [0.29, 0.717) is 0 Å². The lowest BCUT2D eigenvalue weighted by atomic mass is 10.2. The molecule has 0 fully saturated rings. The first-order chi connectivity index (χ1) is 9.40. The Kier molecular flexibility index (Phi) is 7.48. The van der Waals surface area contributed by atoms with Gasteiger partial charge >= 0.3 is 24.2 Å². The number of ether oxygens (including phenoxy) is 6. The van der Waals surface area contributed by atoms with Gasteiger partial charge in [0.15, 0.2) is 0 Å². The SMILES string of the molecule is COC(=O)OC(C(=O)OC)C(OC(=O)OC)C(=O)OC. The summed E-state index contributed by atoms with van der Waals surface area (Å²) >= 11 is 0. The minimum Gasteiger partial charge on any atom is -0.466 e. The predicted molar refractivity (Wildman–Crippen MR) is 58.6 cm³/mol. The van der Waals surface area contributed by atoms with Crippen LogP contribution in [-0.2, 0) is 38.0 Å². The van der Waals surface area contributed by atoms with Crippen LogP contribution in [0.15, 0.2) is 0 Å². The highest BCUT2D eigenvalue weighted by molar-refractivity contribution is 5.88. The van der Waals surface area contributed by atoms with Crippen LogP contribution in [0.5, 0.6) is 0 Å². The minimum absolute atomic E-state index is 0.975. The van der Waals surface area contributed by atoms with Crippen LogP contribution in [0.3, 0.4) is 0 Å². The van der Waals surface area contributed by atoms with E-state index in [9.17, 15) is 19.2 Å². The molecule has 0 saturated carbocycles. The van der Waals surface area contributed by atoms with Gasteiger partial charge in [0.1, 0.15) is 0 Å². The summed E-state index contributed by atoms with van der Waals surface area (Å²) in [6.07, 6.45) is -6.39. The van der Waals surface area contributed by atoms with Crippen molar-refractivity contribution >= 4 is 24.2 Å². The van der Waals surface area contributed by atoms with Gasteiger partial charge in [0, 0.05) is 0 Å². The van der Waals surface area contributed by atoms with E-state index < -0.39 is 36.5 Å². The third kappa shape index (κ3) is 5.00. The molecule has 0 aliphatic carbocycles. The molecule has 0 heterocycles. The second-order valence-electron chi connectivity index (χ2n) is 3.03. The second kappa shape index (κ2) is 8.56. The molecule has 0 N–H and O–H groups in total. The number of esters is 2. The Morgan fingerprint density at radius 1 is 0.600 bits per heavy atom. The van der Waals surface area contributed by atoms with Crippen LogP contribution in [0.4, 0.5) is 9.59 Å². The van der Waals surface area contributed by atoms with Crippen molar-refractivity contribution in [2.75, 3.05) is 28.4 Å². The lowest BCUT2D eigenvalue weighted by Crippen LogP contribution is -2.46. The number of methoxy groups -OCH3 is 4. The molecule has 2 unspecified atom stereocenters. The molecule has 0 amide bonds. The van der Waals surface area contributed by atoms with E-state index in [-0.39, 0.29) is 0 Å². The maximum absolute atomic E-state index is 11.5. The van der Waals surface area contributed by atoms with Crippen molar-refractivity contribution < 1.29 is 47.6 Å². The Labute approximate surface area is 113 Å². The fourth-order valence-corrected chi connectivity index (χ4v) is 1.00. The predicted octanol–water partition coefficient (Wildman–Crippen LogP) is -0.364. The van der Waals surface area contributed by atoms with Gasteiger partial charge in [-0.3, -0.25) is 0 Å². The van der Waals surface area contributed by atoms with Crippen molar-refractivity contribution in [3.63, 3.8) is 0 Å². The molecule has 0 radical (unpaired) electrons. The lowest BCUT2D eigenvalue weighted by Gasteiger charge is -2.21. The van der Waals surface area contributed by atoms with Crippen LogP contribution in [0.25, 0.3) is 0 Å². The molecule has 0 aromatic carbocycles. The average Bonchev–Trinajstić information content (AvgIpc) is 2.48. The Hall–Kier alpha value is -2.52. The van der Waals surface area contributed by atoms with Crippen molar-refractivity contribution in [3.8, 4) is 0 Å². The van der Waals surface area contributed by atoms with E-state index in [0.717, 1.165) is 28.4 Å². The molecule has 0 bridgehead atoms. The van der Waals surface area contributed by atoms with E-state index in [1.165, 1.54) is 0 Å². The van der Waals surface area contributed by atoms with Crippen LogP contribution in [0.2, 0.25) is 0 Å². The minimum atomic E-state index is -1.90. The van der Waals surface area contributed by atoms with Gasteiger partial charge in [-0.2, -0.15) is 0 Å². The molecule has 114 valence electrons. The van der Waals surface area contributed by atoms with E-state index >= 15 is 0 Å². The Balaban J connectivity index is 5.26. The van der Waals surface area contributed by atoms with E-state index in [2.05, 4.69) is 28.4 Å². The molecule has 0 aliphatic rings. The summed E-state index contributed by atoms with van der Waals surface area (Å²) in [4.78, 5) is 45.1. The summed E-state index contributed by atoms with van der Waals surface area (Å²) in [5, 5.41) is 0. The summed E-state index contributed by atoms with van der Waals surface area (Å²) < 4.78 is 26.1. The molecule has 0 spiro atoms. The number of carbonyl (C=O) groups excluding carboxylic acids is 4. The molecule has 0 aromatic rings. The highest BCUT2D eigenvalue weighted by Gasteiger charge is 2.42. The molecule has 0 rings (SSSR count). The zero-order valence-corrected chi connectivity index (χ0v) is 11.2. The fraction of sp³-hybridized carbons (Fsp3) is 0.600. The summed E-state index contributed by atoms with van der Waals surface area (Å²) in [5.74, 6) is -2.32. The number of hydrogen-bond acceptors (Lipinski definition) is 10. The maximum atomic E-state index is 11.5. The molecule has 10 heteroatoms. The van der Waals surface area contributed by atoms with Crippen molar-refractivity contribution in [1.82, 2.24) is 0 Å². The lowest BCUT2D eigenvalue weighted by molar-refractivity contribution is -0.172. The van der Waals surface area contributed by atoms with Gasteiger partial charge in [0.05, 0.1) is 28.4 Å². The molecular weight excluding hydrogens is 280 g/mol. The topological polar surface area (TPSA) is 124 Å². The molecule has 10 nitrogen and oxygen atoms in total. The van der Waals surface area contributed by atoms with Crippen LogP contribution >= 0.6 is 0 Å². The zero-order valence-electron chi connectivity index (χ0n) is 11.2. The van der Waals surface area contributed by atoms with Crippen molar-refractivity contribution in [2.45, 2.75) is 12.2 Å². The standard InChI is InChI=1S/C10H14O10/c1-15-7(11)5(19-9(13)17-3)6(8(12)16-2)20-10(14)18-4/h5-6H,1-4H3. The monoisotopic (exact) mass is 294 g/mol. The highest BCUT2D eigenvalue weighted by Crippen LogP contribution is 2.11. The Morgan fingerprint density at radius 2 is 0.900 bits per heavy atom. The zero-order chi connectivity index (χ0) is 15.7. The van der Waals surface area contributed by atoms with Crippen molar-refractivity contribution in [1.29, 1.82) is 0 Å². The second-order valence-corrected chi connectivity index (χ2v) is 3.03. The molecule has 0 aliphatic heterocycles. The first kappa shape index (κ1) is 17.5. The average molecular weight is 294 g/mol. The number of rotatable bonds is 5. The van der Waals surface area contributed by atoms with Crippen molar-refractivity contribution in [3.05, 3.63) is 0 Å². The largest absolute Gasteiger partial charge is 0.509 e. The van der Waals surface area contributed by atoms with Crippen LogP contribution in [0, 0.1) is 0 Å². The van der Waals surface area contributed by atoms with Gasteiger partial charge in [0.25, 0.3) is 0 Å². The first-order valence-electron chi connectivity index (χ1n) is 5.06. The summed E-state index contributed by atoms with van der Waals surface area (Å²) in [6, 6.07) is 0. The fourth-order valence-electron chi connectivity index (χ4n) is 1.00. The third-order valence-corrected chi connectivity index (χ3v) is 1.92. The van der Waals surface area contributed by atoms with Gasteiger partial charge in [0.2, 0.25) is 12.2 Å². The van der Waals surface area contributed by atoms with Crippen molar-refractivity contribution in [2.24, 2.45) is 0 Å². The quantitative estimate of drug-likeness (QED) is 0.490. The van der Waals surface area contributed by atoms with Gasteiger partial charge in [-0.05, 0) is 0 Å². The Bertz CT molecular complexity index is 340. The molecule has 0 aromatic heterocycles. The molecule has 2 atom stereocenters. The van der Waals surface area contributed by atoms with E-state index in [1.54, 1.807) is 0 Å². The van der Waals surface area contributed by atoms with Gasteiger partial charge in [-0.1, -0.05) is 0 Å².